The van der Waals surface area contributed by atoms with Crippen LogP contribution in [-0.4, -0.2) is 6.10 Å². The first-order valence-corrected chi connectivity index (χ1v) is 5.06. The van der Waals surface area contributed by atoms with E-state index in [-0.39, 0.29) is 0 Å². The third-order valence-electron chi connectivity index (χ3n) is 2.05. The Kier molecular flexibility index (Phi) is 4.33. The molecule has 1 unspecified atom stereocenters. The van der Waals surface area contributed by atoms with E-state index in [2.05, 4.69) is 26.5 Å². The summed E-state index contributed by atoms with van der Waals surface area (Å²) in [6, 6.07) is 8.06. The molecule has 0 saturated heterocycles. The topological polar surface area (TPSA) is 9.23 Å². The number of hydrogen-bond donors (Lipinski definition) is 1. The number of hydrogen-bond acceptors (Lipinski definition) is 2. The Hall–Kier alpha value is -0.470. The molecule has 0 heterocycles. The van der Waals surface area contributed by atoms with Gasteiger partial charge in [0, 0.05) is 4.90 Å². The van der Waals surface area contributed by atoms with E-state index >= 15 is 0 Å². The molecular weight excluding hydrogens is 180 g/mol. The first kappa shape index (κ1) is 10.6. The van der Waals surface area contributed by atoms with E-state index in [0.717, 1.165) is 11.3 Å². The molecule has 0 N–H and O–H groups in total. The lowest BCUT2D eigenvalue weighted by atomic mass is 10.2. The van der Waals surface area contributed by atoms with Gasteiger partial charge in [-0.15, -0.1) is 12.6 Å². The molecule has 0 radical (unpaired) electrons. The van der Waals surface area contributed by atoms with Crippen molar-refractivity contribution in [3.05, 3.63) is 29.8 Å². The molecule has 0 fully saturated rings. The molecule has 0 spiro atoms. The van der Waals surface area contributed by atoms with E-state index in [1.165, 1.54) is 5.56 Å². The summed E-state index contributed by atoms with van der Waals surface area (Å²) in [5.41, 5.74) is 1.21. The third kappa shape index (κ3) is 3.83. The first-order valence-electron chi connectivity index (χ1n) is 4.62. The number of benzene rings is 1. The van der Waals surface area contributed by atoms with Crippen LogP contribution in [0.2, 0.25) is 0 Å². The van der Waals surface area contributed by atoms with Crippen molar-refractivity contribution in [1.82, 2.24) is 0 Å². The lowest BCUT2D eigenvalue weighted by molar-refractivity contribution is 0.0508. The molecule has 0 aliphatic heterocycles. The lowest BCUT2D eigenvalue weighted by Gasteiger charge is -2.10. The highest BCUT2D eigenvalue weighted by Gasteiger charge is 1.98. The van der Waals surface area contributed by atoms with Gasteiger partial charge in [0.25, 0.3) is 0 Å². The summed E-state index contributed by atoms with van der Waals surface area (Å²) in [5, 5.41) is 0. The van der Waals surface area contributed by atoms with Crippen LogP contribution in [0.4, 0.5) is 0 Å². The van der Waals surface area contributed by atoms with E-state index < -0.39 is 0 Å². The van der Waals surface area contributed by atoms with Crippen LogP contribution in [0.15, 0.2) is 29.2 Å². The molecule has 0 saturated carbocycles. The van der Waals surface area contributed by atoms with Crippen LogP contribution in [0.25, 0.3) is 0 Å². The maximum atomic E-state index is 5.59. The van der Waals surface area contributed by atoms with Crippen molar-refractivity contribution in [3.63, 3.8) is 0 Å². The minimum absolute atomic E-state index is 0.343. The van der Waals surface area contributed by atoms with Crippen LogP contribution in [0.5, 0.6) is 0 Å². The van der Waals surface area contributed by atoms with Gasteiger partial charge in [-0.1, -0.05) is 19.1 Å². The van der Waals surface area contributed by atoms with Crippen LogP contribution in [0.1, 0.15) is 25.8 Å². The standard InChI is InChI=1S/C11H16OS/c1-3-9(2)12-8-10-4-6-11(13)7-5-10/h4-7,9,13H,3,8H2,1-2H3. The second-order valence-electron chi connectivity index (χ2n) is 3.20. The van der Waals surface area contributed by atoms with Gasteiger partial charge < -0.3 is 4.74 Å². The Bertz CT molecular complexity index is 243. The van der Waals surface area contributed by atoms with Crippen LogP contribution < -0.4 is 0 Å². The van der Waals surface area contributed by atoms with Gasteiger partial charge >= 0.3 is 0 Å². The molecule has 0 aliphatic rings. The highest BCUT2D eigenvalue weighted by atomic mass is 32.1. The summed E-state index contributed by atoms with van der Waals surface area (Å²) in [4.78, 5) is 0.993. The van der Waals surface area contributed by atoms with Crippen LogP contribution in [0, 0.1) is 0 Å². The van der Waals surface area contributed by atoms with Crippen LogP contribution >= 0.6 is 12.6 Å². The molecule has 1 aromatic rings. The summed E-state index contributed by atoms with van der Waals surface area (Å²) < 4.78 is 5.59. The monoisotopic (exact) mass is 196 g/mol. The van der Waals surface area contributed by atoms with Gasteiger partial charge in [-0.25, -0.2) is 0 Å². The Morgan fingerprint density at radius 2 is 1.92 bits per heavy atom. The fraction of sp³-hybridized carbons (Fsp3) is 0.455. The third-order valence-corrected chi connectivity index (χ3v) is 2.34. The van der Waals surface area contributed by atoms with Crippen molar-refractivity contribution in [3.8, 4) is 0 Å². The quantitative estimate of drug-likeness (QED) is 0.727. The van der Waals surface area contributed by atoms with Crippen LogP contribution in [-0.2, 0) is 11.3 Å². The average molecular weight is 196 g/mol. The van der Waals surface area contributed by atoms with Crippen molar-refractivity contribution < 1.29 is 4.74 Å². The smallest absolute Gasteiger partial charge is 0.0720 e. The molecule has 1 nitrogen and oxygen atoms in total. The molecule has 72 valence electrons. The largest absolute Gasteiger partial charge is 0.374 e. The van der Waals surface area contributed by atoms with Gasteiger partial charge in [0.05, 0.1) is 12.7 Å². The minimum Gasteiger partial charge on any atom is -0.374 e. The highest BCUT2D eigenvalue weighted by molar-refractivity contribution is 7.80. The Labute approximate surface area is 85.5 Å². The van der Waals surface area contributed by atoms with E-state index in [1.54, 1.807) is 0 Å². The maximum absolute atomic E-state index is 5.59. The van der Waals surface area contributed by atoms with Gasteiger partial charge in [0.15, 0.2) is 0 Å². The molecule has 1 rings (SSSR count). The molecule has 0 aromatic heterocycles. The molecule has 0 aliphatic carbocycles. The lowest BCUT2D eigenvalue weighted by Crippen LogP contribution is -2.05. The molecule has 1 aromatic carbocycles. The highest BCUT2D eigenvalue weighted by Crippen LogP contribution is 2.10. The number of thiol groups is 1. The van der Waals surface area contributed by atoms with E-state index in [0.29, 0.717) is 12.7 Å². The zero-order valence-electron chi connectivity index (χ0n) is 8.16. The van der Waals surface area contributed by atoms with Gasteiger partial charge in [-0.2, -0.15) is 0 Å². The number of ether oxygens (including phenoxy) is 1. The fourth-order valence-electron chi connectivity index (χ4n) is 0.949. The molecule has 2 heteroatoms. The van der Waals surface area contributed by atoms with Gasteiger partial charge in [0.2, 0.25) is 0 Å². The molecule has 1 atom stereocenters. The predicted octanol–water partition coefficient (Wildman–Crippen LogP) is 3.29. The zero-order valence-corrected chi connectivity index (χ0v) is 9.05. The molecule has 0 amide bonds. The minimum atomic E-state index is 0.343. The van der Waals surface area contributed by atoms with Crippen molar-refractivity contribution in [1.29, 1.82) is 0 Å². The Morgan fingerprint density at radius 1 is 1.31 bits per heavy atom. The van der Waals surface area contributed by atoms with E-state index in [9.17, 15) is 0 Å². The predicted molar refractivity (Wildman–Crippen MR) is 58.2 cm³/mol. The van der Waals surface area contributed by atoms with Crippen molar-refractivity contribution in [2.24, 2.45) is 0 Å². The zero-order chi connectivity index (χ0) is 9.68. The van der Waals surface area contributed by atoms with Crippen molar-refractivity contribution >= 4 is 12.6 Å². The van der Waals surface area contributed by atoms with Gasteiger partial charge in [-0.05, 0) is 31.0 Å². The number of rotatable bonds is 4. The van der Waals surface area contributed by atoms with Gasteiger partial charge in [-0.3, -0.25) is 0 Å². The summed E-state index contributed by atoms with van der Waals surface area (Å²) >= 11 is 4.22. The fourth-order valence-corrected chi connectivity index (χ4v) is 1.10. The SMILES string of the molecule is CCC(C)OCc1ccc(S)cc1. The average Bonchev–Trinajstić information content (AvgIpc) is 2.16. The van der Waals surface area contributed by atoms with Gasteiger partial charge in [0.1, 0.15) is 0 Å². The molecular formula is C11H16OS. The second-order valence-corrected chi connectivity index (χ2v) is 3.71. The first-order chi connectivity index (χ1) is 6.22. The Morgan fingerprint density at radius 3 is 2.46 bits per heavy atom. The Balaban J connectivity index is 2.41. The second kappa shape index (κ2) is 5.30. The van der Waals surface area contributed by atoms with E-state index in [1.807, 2.05) is 24.3 Å². The van der Waals surface area contributed by atoms with Crippen molar-refractivity contribution in [2.45, 2.75) is 37.9 Å². The molecule has 0 bridgehead atoms. The summed E-state index contributed by atoms with van der Waals surface area (Å²) in [5.74, 6) is 0. The van der Waals surface area contributed by atoms with Crippen LogP contribution in [0.3, 0.4) is 0 Å². The molecule has 13 heavy (non-hydrogen) atoms. The maximum Gasteiger partial charge on any atom is 0.0720 e. The summed E-state index contributed by atoms with van der Waals surface area (Å²) in [6.45, 7) is 4.91. The normalized spacial score (nSPS) is 12.8. The van der Waals surface area contributed by atoms with E-state index in [4.69, 9.17) is 4.74 Å². The summed E-state index contributed by atoms with van der Waals surface area (Å²) in [7, 11) is 0. The van der Waals surface area contributed by atoms with Crippen molar-refractivity contribution in [2.75, 3.05) is 0 Å². The summed E-state index contributed by atoms with van der Waals surface area (Å²) in [6.07, 6.45) is 1.40.